The molecule has 0 saturated heterocycles. The Morgan fingerprint density at radius 3 is 1.00 bits per heavy atom. The highest BCUT2D eigenvalue weighted by molar-refractivity contribution is 5.70. The fourth-order valence-corrected chi connectivity index (χ4v) is 8.61. The second-order valence-electron chi connectivity index (χ2n) is 19.3. The van der Waals surface area contributed by atoms with Crippen LogP contribution < -0.4 is 0 Å². The highest BCUT2D eigenvalue weighted by Gasteiger charge is 2.16. The Kier molecular flexibility index (Phi) is 54.3. The van der Waals surface area contributed by atoms with E-state index in [1.54, 1.807) is 0 Å². The SMILES string of the molecule is CC/C=C\C/C=C\C/C=C\C/C=C\CCCCCCCCCCCCC(=O)OC(CO)COC(=O)CCCCCCCCCCCCCCCCCCCCCCCCCCCCCC. The molecule has 0 aromatic heterocycles. The normalized spacial score (nSPS) is 12.5. The Balaban J connectivity index is 3.44. The summed E-state index contributed by atoms with van der Waals surface area (Å²) < 4.78 is 10.7. The maximum absolute atomic E-state index is 12.3. The number of hydrogen-bond donors (Lipinski definition) is 1. The molecule has 0 heterocycles. The molecular formula is C60H110O5. The van der Waals surface area contributed by atoms with Crippen LogP contribution in [-0.4, -0.2) is 36.4 Å². The zero-order valence-electron chi connectivity index (χ0n) is 43.5. The van der Waals surface area contributed by atoms with Gasteiger partial charge in [-0.15, -0.1) is 0 Å². The van der Waals surface area contributed by atoms with Crippen LogP contribution in [-0.2, 0) is 19.1 Å². The Labute approximate surface area is 405 Å². The molecule has 1 N–H and O–H groups in total. The quantitative estimate of drug-likeness (QED) is 0.0374. The molecule has 1 atom stereocenters. The molecule has 0 aliphatic rings. The molecule has 0 amide bonds. The third-order valence-corrected chi connectivity index (χ3v) is 12.9. The first-order chi connectivity index (χ1) is 32.1. The fourth-order valence-electron chi connectivity index (χ4n) is 8.61. The molecule has 0 radical (unpaired) electrons. The first kappa shape index (κ1) is 62.9. The van der Waals surface area contributed by atoms with Crippen LogP contribution in [0.15, 0.2) is 48.6 Å². The molecular weight excluding hydrogens is 801 g/mol. The van der Waals surface area contributed by atoms with Gasteiger partial charge in [0.2, 0.25) is 0 Å². The van der Waals surface area contributed by atoms with E-state index in [9.17, 15) is 14.7 Å². The number of hydrogen-bond acceptors (Lipinski definition) is 5. The number of ether oxygens (including phenoxy) is 2. The van der Waals surface area contributed by atoms with E-state index in [0.717, 1.165) is 64.2 Å². The zero-order chi connectivity index (χ0) is 47.0. The lowest BCUT2D eigenvalue weighted by atomic mass is 10.0. The topological polar surface area (TPSA) is 72.8 Å². The monoisotopic (exact) mass is 911 g/mol. The molecule has 0 spiro atoms. The molecule has 0 aliphatic carbocycles. The minimum absolute atomic E-state index is 0.0644. The molecule has 0 fully saturated rings. The van der Waals surface area contributed by atoms with Gasteiger partial charge in [0.25, 0.3) is 0 Å². The number of carbonyl (C=O) groups is 2. The van der Waals surface area contributed by atoms with E-state index in [1.165, 1.54) is 212 Å². The standard InChI is InChI=1S/C60H110O5/c1-3-5-7-9-11-13-15-17-19-21-23-25-27-28-29-30-31-33-34-36-38-40-42-44-46-48-50-52-54-59(62)64-57-58(56-61)65-60(63)55-53-51-49-47-45-43-41-39-37-35-32-26-24-22-20-18-16-14-12-10-8-6-4-2/h6,8,12,14,18,20,24,26,58,61H,3-5,7,9-11,13,15-17,19,21-23,25,27-57H2,1-2H3/b8-6-,14-12-,20-18-,26-24-. The molecule has 0 aromatic rings. The van der Waals surface area contributed by atoms with Gasteiger partial charge in [0.05, 0.1) is 6.61 Å². The van der Waals surface area contributed by atoms with Gasteiger partial charge < -0.3 is 14.6 Å². The van der Waals surface area contributed by atoms with Crippen LogP contribution in [0.3, 0.4) is 0 Å². The van der Waals surface area contributed by atoms with Gasteiger partial charge in [0.1, 0.15) is 6.61 Å². The number of aliphatic hydroxyl groups excluding tert-OH is 1. The van der Waals surface area contributed by atoms with Crippen molar-refractivity contribution >= 4 is 11.9 Å². The summed E-state index contributed by atoms with van der Waals surface area (Å²) in [6, 6.07) is 0. The van der Waals surface area contributed by atoms with Crippen LogP contribution in [0.1, 0.15) is 303 Å². The van der Waals surface area contributed by atoms with Gasteiger partial charge in [-0.3, -0.25) is 9.59 Å². The van der Waals surface area contributed by atoms with Gasteiger partial charge >= 0.3 is 11.9 Å². The Morgan fingerprint density at radius 1 is 0.369 bits per heavy atom. The van der Waals surface area contributed by atoms with Gasteiger partial charge in [0.15, 0.2) is 6.10 Å². The third-order valence-electron chi connectivity index (χ3n) is 12.9. The lowest BCUT2D eigenvalue weighted by molar-refractivity contribution is -0.161. The van der Waals surface area contributed by atoms with Crippen molar-refractivity contribution in [2.75, 3.05) is 13.2 Å². The van der Waals surface area contributed by atoms with Crippen LogP contribution in [0, 0.1) is 0 Å². The van der Waals surface area contributed by atoms with Crippen molar-refractivity contribution in [3.05, 3.63) is 48.6 Å². The van der Waals surface area contributed by atoms with E-state index in [-0.39, 0.29) is 25.2 Å². The van der Waals surface area contributed by atoms with Gasteiger partial charge in [-0.05, 0) is 51.4 Å². The molecule has 1 unspecified atom stereocenters. The van der Waals surface area contributed by atoms with E-state index >= 15 is 0 Å². The molecule has 0 aliphatic heterocycles. The summed E-state index contributed by atoms with van der Waals surface area (Å²) in [6.45, 7) is 4.07. The van der Waals surface area contributed by atoms with Gasteiger partial charge in [0, 0.05) is 12.8 Å². The Bertz CT molecular complexity index is 1080. The summed E-state index contributed by atoms with van der Waals surface area (Å²) >= 11 is 0. The molecule has 65 heavy (non-hydrogen) atoms. The molecule has 0 bridgehead atoms. The number of rotatable bonds is 53. The predicted molar refractivity (Wildman–Crippen MR) is 284 cm³/mol. The highest BCUT2D eigenvalue weighted by atomic mass is 16.6. The summed E-state index contributed by atoms with van der Waals surface area (Å²) in [5, 5.41) is 9.65. The van der Waals surface area contributed by atoms with E-state index in [2.05, 4.69) is 62.5 Å². The van der Waals surface area contributed by atoms with Crippen LogP contribution in [0.2, 0.25) is 0 Å². The summed E-state index contributed by atoms with van der Waals surface area (Å²) in [4.78, 5) is 24.5. The van der Waals surface area contributed by atoms with Crippen LogP contribution in [0.4, 0.5) is 0 Å². The average Bonchev–Trinajstić information content (AvgIpc) is 3.31. The van der Waals surface area contributed by atoms with Crippen LogP contribution in [0.25, 0.3) is 0 Å². The van der Waals surface area contributed by atoms with Crippen molar-refractivity contribution < 1.29 is 24.2 Å². The number of unbranched alkanes of at least 4 members (excludes halogenated alkanes) is 37. The average molecular weight is 912 g/mol. The second kappa shape index (κ2) is 56.2. The van der Waals surface area contributed by atoms with Crippen molar-refractivity contribution in [2.24, 2.45) is 0 Å². The molecule has 5 heteroatoms. The van der Waals surface area contributed by atoms with Gasteiger partial charge in [-0.25, -0.2) is 0 Å². The van der Waals surface area contributed by atoms with Gasteiger partial charge in [-0.2, -0.15) is 0 Å². The maximum Gasteiger partial charge on any atom is 0.306 e. The maximum atomic E-state index is 12.3. The summed E-state index contributed by atoms with van der Waals surface area (Å²) in [5.41, 5.74) is 0. The fraction of sp³-hybridized carbons (Fsp3) is 0.833. The summed E-state index contributed by atoms with van der Waals surface area (Å²) in [6.07, 6.45) is 73.8. The molecule has 0 saturated carbocycles. The third kappa shape index (κ3) is 54.4. The smallest absolute Gasteiger partial charge is 0.306 e. The summed E-state index contributed by atoms with van der Waals surface area (Å²) in [5.74, 6) is -0.581. The predicted octanol–water partition coefficient (Wildman–Crippen LogP) is 19.3. The second-order valence-corrected chi connectivity index (χ2v) is 19.3. The van der Waals surface area contributed by atoms with Crippen molar-refractivity contribution in [1.82, 2.24) is 0 Å². The lowest BCUT2D eigenvalue weighted by Crippen LogP contribution is -2.28. The van der Waals surface area contributed by atoms with E-state index in [1.807, 2.05) is 0 Å². The number of esters is 2. The Hall–Kier alpha value is -2.14. The number of allylic oxidation sites excluding steroid dienone is 8. The van der Waals surface area contributed by atoms with Crippen molar-refractivity contribution in [3.63, 3.8) is 0 Å². The number of aliphatic hydroxyl groups is 1. The summed E-state index contributed by atoms with van der Waals surface area (Å²) in [7, 11) is 0. The Morgan fingerprint density at radius 2 is 0.662 bits per heavy atom. The molecule has 5 nitrogen and oxygen atoms in total. The van der Waals surface area contributed by atoms with Crippen molar-refractivity contribution in [3.8, 4) is 0 Å². The first-order valence-electron chi connectivity index (χ1n) is 28.7. The van der Waals surface area contributed by atoms with Crippen molar-refractivity contribution in [1.29, 1.82) is 0 Å². The lowest BCUT2D eigenvalue weighted by Gasteiger charge is -2.15. The zero-order valence-corrected chi connectivity index (χ0v) is 43.5. The number of carbonyl (C=O) groups excluding carboxylic acids is 2. The van der Waals surface area contributed by atoms with Gasteiger partial charge in [-0.1, -0.05) is 287 Å². The highest BCUT2D eigenvalue weighted by Crippen LogP contribution is 2.17. The minimum atomic E-state index is -0.774. The van der Waals surface area contributed by atoms with Crippen LogP contribution in [0.5, 0.6) is 0 Å². The largest absolute Gasteiger partial charge is 0.462 e. The molecule has 0 aromatic carbocycles. The molecule has 0 rings (SSSR count). The van der Waals surface area contributed by atoms with Crippen LogP contribution >= 0.6 is 0 Å². The van der Waals surface area contributed by atoms with E-state index in [4.69, 9.17) is 9.47 Å². The van der Waals surface area contributed by atoms with E-state index < -0.39 is 6.10 Å². The minimum Gasteiger partial charge on any atom is -0.462 e. The first-order valence-corrected chi connectivity index (χ1v) is 28.7. The van der Waals surface area contributed by atoms with Crippen molar-refractivity contribution in [2.45, 2.75) is 309 Å². The molecule has 380 valence electrons. The van der Waals surface area contributed by atoms with E-state index in [0.29, 0.717) is 12.8 Å².